The molecule has 1 aliphatic carbocycles. The summed E-state index contributed by atoms with van der Waals surface area (Å²) in [4.78, 5) is 25.4. The van der Waals surface area contributed by atoms with Crippen molar-refractivity contribution in [1.82, 2.24) is 14.8 Å². The second kappa shape index (κ2) is 8.02. The third-order valence-corrected chi connectivity index (χ3v) is 5.17. The molecule has 1 aromatic heterocycles. The van der Waals surface area contributed by atoms with Crippen molar-refractivity contribution in [2.45, 2.75) is 58.2 Å². The Hall–Kier alpha value is -2.24. The standard InChI is InChI=1S/C20H25ClFN3O3/c1-20(2,3)28-19(27)23-9-13(8-22)10-24-11-16-15(18(24)21)6-7-25(14-4-5-14)17(16)12-26/h8,11,14H,4-7,9-10H2,1-3H3,(H,23,27)/b13-8+. The van der Waals surface area contributed by atoms with E-state index >= 15 is 0 Å². The van der Waals surface area contributed by atoms with Crippen LogP contribution in [0, 0.1) is 0 Å². The number of amides is 1. The van der Waals surface area contributed by atoms with Crippen LogP contribution in [0.2, 0.25) is 5.15 Å². The van der Waals surface area contributed by atoms with Gasteiger partial charge in [-0.25, -0.2) is 14.0 Å². The smallest absolute Gasteiger partial charge is 0.407 e. The Kier molecular flexibility index (Phi) is 5.87. The van der Waals surface area contributed by atoms with Gasteiger partial charge in [0.25, 0.3) is 0 Å². The van der Waals surface area contributed by atoms with Crippen LogP contribution in [-0.4, -0.2) is 46.2 Å². The van der Waals surface area contributed by atoms with Crippen LogP contribution in [-0.2, 0) is 22.5 Å². The number of halogens is 2. The quantitative estimate of drug-likeness (QED) is 0.753. The molecule has 0 saturated heterocycles. The first-order valence-corrected chi connectivity index (χ1v) is 9.76. The van der Waals surface area contributed by atoms with Crippen molar-refractivity contribution in [3.63, 3.8) is 0 Å². The molecule has 1 aliphatic heterocycles. The van der Waals surface area contributed by atoms with E-state index < -0.39 is 11.7 Å². The molecule has 2 heterocycles. The summed E-state index contributed by atoms with van der Waals surface area (Å²) in [6.45, 7) is 6.16. The monoisotopic (exact) mass is 409 g/mol. The third-order valence-electron chi connectivity index (χ3n) is 4.73. The minimum Gasteiger partial charge on any atom is -0.444 e. The van der Waals surface area contributed by atoms with Crippen LogP contribution in [0.3, 0.4) is 0 Å². The maximum atomic E-state index is 13.4. The van der Waals surface area contributed by atoms with Crippen molar-refractivity contribution >= 4 is 29.3 Å². The number of rotatable bonds is 5. The van der Waals surface area contributed by atoms with Crippen LogP contribution >= 0.6 is 11.6 Å². The first-order chi connectivity index (χ1) is 13.2. The second-order valence-electron chi connectivity index (χ2n) is 8.19. The molecule has 1 amide bonds. The van der Waals surface area contributed by atoms with E-state index in [1.54, 1.807) is 31.5 Å². The Morgan fingerprint density at radius 3 is 2.75 bits per heavy atom. The summed E-state index contributed by atoms with van der Waals surface area (Å²) < 4.78 is 20.2. The number of alkyl carbamates (subject to hydrolysis) is 1. The molecule has 0 bridgehead atoms. The van der Waals surface area contributed by atoms with E-state index in [1.165, 1.54) is 0 Å². The summed E-state index contributed by atoms with van der Waals surface area (Å²) >= 11 is 6.50. The van der Waals surface area contributed by atoms with Gasteiger partial charge >= 0.3 is 6.09 Å². The summed E-state index contributed by atoms with van der Waals surface area (Å²) in [5, 5.41) is 3.02. The van der Waals surface area contributed by atoms with Gasteiger partial charge in [-0.15, -0.1) is 0 Å². The lowest BCUT2D eigenvalue weighted by Crippen LogP contribution is -2.33. The number of carbonyl (C=O) groups is 1. The van der Waals surface area contributed by atoms with Crippen LogP contribution in [0.1, 0.15) is 44.7 Å². The normalized spacial score (nSPS) is 17.2. The zero-order valence-corrected chi connectivity index (χ0v) is 17.1. The van der Waals surface area contributed by atoms with Gasteiger partial charge in [-0.05, 0) is 45.6 Å². The van der Waals surface area contributed by atoms with Crippen LogP contribution in [0.5, 0.6) is 0 Å². The lowest BCUT2D eigenvalue weighted by molar-refractivity contribution is 0.0532. The van der Waals surface area contributed by atoms with E-state index in [1.807, 2.05) is 0 Å². The van der Waals surface area contributed by atoms with Crippen LogP contribution in [0.4, 0.5) is 9.18 Å². The fourth-order valence-corrected chi connectivity index (χ4v) is 3.65. The second-order valence-corrected chi connectivity index (χ2v) is 8.55. The average molecular weight is 410 g/mol. The highest BCUT2D eigenvalue weighted by atomic mass is 35.5. The Labute approximate surface area is 169 Å². The molecular formula is C20H25ClFN3O3. The van der Waals surface area contributed by atoms with Gasteiger partial charge in [0.15, 0.2) is 5.94 Å². The molecule has 1 saturated carbocycles. The zero-order valence-electron chi connectivity index (χ0n) is 16.3. The van der Waals surface area contributed by atoms with Gasteiger partial charge in [0, 0.05) is 43.0 Å². The zero-order chi connectivity index (χ0) is 20.5. The Balaban J connectivity index is 1.71. The highest BCUT2D eigenvalue weighted by Gasteiger charge is 2.36. The molecule has 1 aromatic rings. The molecular weight excluding hydrogens is 385 g/mol. The average Bonchev–Trinajstić information content (AvgIpc) is 3.42. The first kappa shape index (κ1) is 20.5. The molecule has 8 heteroatoms. The number of hydrogen-bond donors (Lipinski definition) is 1. The summed E-state index contributed by atoms with van der Waals surface area (Å²) in [7, 11) is 0. The molecule has 3 rings (SSSR count). The predicted molar refractivity (Wildman–Crippen MR) is 105 cm³/mol. The molecule has 152 valence electrons. The molecule has 0 radical (unpaired) electrons. The van der Waals surface area contributed by atoms with E-state index in [0.717, 1.165) is 36.9 Å². The molecule has 0 atom stereocenters. The van der Waals surface area contributed by atoms with Crippen molar-refractivity contribution in [3.8, 4) is 0 Å². The van der Waals surface area contributed by atoms with E-state index in [0.29, 0.717) is 28.8 Å². The van der Waals surface area contributed by atoms with E-state index in [2.05, 4.69) is 16.2 Å². The molecule has 0 aromatic carbocycles. The number of fused-ring (bicyclic) bond motifs is 1. The number of ether oxygens (including phenoxy) is 1. The van der Waals surface area contributed by atoms with Crippen LogP contribution < -0.4 is 5.32 Å². The lowest BCUT2D eigenvalue weighted by atomic mass is 10.0. The van der Waals surface area contributed by atoms with E-state index in [9.17, 15) is 14.0 Å². The SMILES string of the molecule is CC(C)(C)OC(=O)NC/C(=C\F)Cn1cc2c(c1Cl)CCN(C1CC1)C2=C=O. The molecule has 1 fully saturated rings. The third kappa shape index (κ3) is 4.59. The summed E-state index contributed by atoms with van der Waals surface area (Å²) in [6.07, 6.45) is 4.51. The fourth-order valence-electron chi connectivity index (χ4n) is 3.34. The molecule has 1 N–H and O–H groups in total. The van der Waals surface area contributed by atoms with E-state index in [4.69, 9.17) is 16.3 Å². The maximum Gasteiger partial charge on any atom is 0.407 e. The van der Waals surface area contributed by atoms with Crippen LogP contribution in [0.15, 0.2) is 18.1 Å². The van der Waals surface area contributed by atoms with Gasteiger partial charge in [0.2, 0.25) is 0 Å². The first-order valence-electron chi connectivity index (χ1n) is 9.38. The summed E-state index contributed by atoms with van der Waals surface area (Å²) in [5.74, 6) is 2.06. The predicted octanol–water partition coefficient (Wildman–Crippen LogP) is 3.71. The molecule has 28 heavy (non-hydrogen) atoms. The van der Waals surface area contributed by atoms with Gasteiger partial charge in [-0.2, -0.15) is 0 Å². The van der Waals surface area contributed by atoms with E-state index in [-0.39, 0.29) is 13.1 Å². The largest absolute Gasteiger partial charge is 0.444 e. The number of nitrogens with one attached hydrogen (secondary N) is 1. The van der Waals surface area contributed by atoms with Crippen molar-refractivity contribution in [1.29, 1.82) is 0 Å². The van der Waals surface area contributed by atoms with Gasteiger partial charge in [0.05, 0.1) is 6.33 Å². The molecule has 6 nitrogen and oxygen atoms in total. The van der Waals surface area contributed by atoms with Gasteiger partial charge in [-0.1, -0.05) is 11.6 Å². The summed E-state index contributed by atoms with van der Waals surface area (Å²) in [6, 6.07) is 0.408. The van der Waals surface area contributed by atoms with Crippen molar-refractivity contribution < 1.29 is 18.7 Å². The highest BCUT2D eigenvalue weighted by molar-refractivity contribution is 6.31. The Morgan fingerprint density at radius 2 is 2.18 bits per heavy atom. The number of carbonyl (C=O) groups excluding carboxylic acids is 2. The Morgan fingerprint density at radius 1 is 1.46 bits per heavy atom. The topological polar surface area (TPSA) is 63.6 Å². The molecule has 0 spiro atoms. The number of hydrogen-bond acceptors (Lipinski definition) is 4. The van der Waals surface area contributed by atoms with Crippen LogP contribution in [0.25, 0.3) is 5.70 Å². The van der Waals surface area contributed by atoms with Gasteiger partial charge < -0.3 is 19.5 Å². The lowest BCUT2D eigenvalue weighted by Gasteiger charge is -2.29. The Bertz CT molecular complexity index is 846. The number of nitrogens with zero attached hydrogens (tertiary/aromatic N) is 2. The molecule has 2 aliphatic rings. The van der Waals surface area contributed by atoms with Crippen molar-refractivity contribution in [2.75, 3.05) is 13.1 Å². The van der Waals surface area contributed by atoms with Gasteiger partial charge in [-0.3, -0.25) is 0 Å². The minimum absolute atomic E-state index is 0.00480. The highest BCUT2D eigenvalue weighted by Crippen LogP contribution is 2.39. The summed E-state index contributed by atoms with van der Waals surface area (Å²) in [5.41, 5.74) is 1.88. The molecule has 0 unspecified atom stereocenters. The minimum atomic E-state index is -0.628. The van der Waals surface area contributed by atoms with Crippen molar-refractivity contribution in [2.24, 2.45) is 0 Å². The maximum absolute atomic E-state index is 13.4. The van der Waals surface area contributed by atoms with Gasteiger partial charge in [0.1, 0.15) is 16.5 Å². The van der Waals surface area contributed by atoms with Crippen molar-refractivity contribution in [3.05, 3.63) is 34.4 Å². The fraction of sp³-hybridized carbons (Fsp3) is 0.550. The number of aromatic nitrogens is 1.